The molecule has 4 rings (SSSR count). The SMILES string of the molecule is O=C(NCc1ccnc(N2CCCC2)c1)C1CCN(C(=O)c2ccc(F)cc2)CC1. The van der Waals surface area contributed by atoms with E-state index in [1.807, 2.05) is 6.07 Å². The molecular weight excluding hydrogens is 383 g/mol. The van der Waals surface area contributed by atoms with Crippen LogP contribution in [0.5, 0.6) is 0 Å². The number of hydrogen-bond acceptors (Lipinski definition) is 4. The van der Waals surface area contributed by atoms with Gasteiger partial charge in [0.05, 0.1) is 0 Å². The largest absolute Gasteiger partial charge is 0.357 e. The number of pyridine rings is 1. The van der Waals surface area contributed by atoms with Gasteiger partial charge in [-0.2, -0.15) is 0 Å². The summed E-state index contributed by atoms with van der Waals surface area (Å²) >= 11 is 0. The number of benzene rings is 1. The standard InChI is InChI=1S/C23H27FN4O2/c24-20-5-3-19(4-6-20)23(30)28-13-8-18(9-14-28)22(29)26-16-17-7-10-25-21(15-17)27-11-1-2-12-27/h3-7,10,15,18H,1-2,8-9,11-14,16H2,(H,26,29). The van der Waals surface area contributed by atoms with Crippen LogP contribution in [0.25, 0.3) is 0 Å². The lowest BCUT2D eigenvalue weighted by Gasteiger charge is -2.31. The second-order valence-corrected chi connectivity index (χ2v) is 8.01. The molecule has 30 heavy (non-hydrogen) atoms. The summed E-state index contributed by atoms with van der Waals surface area (Å²) in [4.78, 5) is 33.6. The predicted molar refractivity (Wildman–Crippen MR) is 113 cm³/mol. The van der Waals surface area contributed by atoms with Gasteiger partial charge in [-0.05, 0) is 67.6 Å². The molecule has 2 aliphatic rings. The summed E-state index contributed by atoms with van der Waals surface area (Å²) < 4.78 is 13.1. The number of anilines is 1. The van der Waals surface area contributed by atoms with Crippen LogP contribution in [0, 0.1) is 11.7 Å². The fourth-order valence-corrected chi connectivity index (χ4v) is 4.14. The highest BCUT2D eigenvalue weighted by molar-refractivity contribution is 5.94. The van der Waals surface area contributed by atoms with E-state index in [9.17, 15) is 14.0 Å². The lowest BCUT2D eigenvalue weighted by atomic mass is 9.95. The van der Waals surface area contributed by atoms with Crippen LogP contribution < -0.4 is 10.2 Å². The van der Waals surface area contributed by atoms with Crippen molar-refractivity contribution in [3.8, 4) is 0 Å². The number of amides is 2. The molecule has 0 radical (unpaired) electrons. The number of carbonyl (C=O) groups excluding carboxylic acids is 2. The maximum Gasteiger partial charge on any atom is 0.253 e. The Morgan fingerprint density at radius 3 is 2.43 bits per heavy atom. The van der Waals surface area contributed by atoms with Crippen molar-refractivity contribution in [2.75, 3.05) is 31.1 Å². The molecular formula is C23H27FN4O2. The van der Waals surface area contributed by atoms with E-state index in [1.54, 1.807) is 11.1 Å². The first-order valence-electron chi connectivity index (χ1n) is 10.6. The Morgan fingerprint density at radius 2 is 1.73 bits per heavy atom. The van der Waals surface area contributed by atoms with Crippen LogP contribution in [-0.2, 0) is 11.3 Å². The molecule has 6 nitrogen and oxygen atoms in total. The van der Waals surface area contributed by atoms with Crippen LogP contribution in [-0.4, -0.2) is 47.9 Å². The molecule has 2 saturated heterocycles. The molecule has 158 valence electrons. The number of carbonyl (C=O) groups is 2. The third-order valence-corrected chi connectivity index (χ3v) is 5.95. The Balaban J connectivity index is 1.26. The highest BCUT2D eigenvalue weighted by Gasteiger charge is 2.27. The summed E-state index contributed by atoms with van der Waals surface area (Å²) in [6.07, 6.45) is 5.47. The van der Waals surface area contributed by atoms with E-state index >= 15 is 0 Å². The van der Waals surface area contributed by atoms with E-state index in [0.29, 0.717) is 38.0 Å². The molecule has 2 fully saturated rings. The van der Waals surface area contributed by atoms with Gasteiger partial charge < -0.3 is 15.1 Å². The number of piperidine rings is 1. The number of nitrogens with one attached hydrogen (secondary N) is 1. The molecule has 0 saturated carbocycles. The Bertz CT molecular complexity index is 888. The van der Waals surface area contributed by atoms with Crippen LogP contribution >= 0.6 is 0 Å². The third kappa shape index (κ3) is 4.78. The van der Waals surface area contributed by atoms with Crippen molar-refractivity contribution in [3.05, 3.63) is 59.5 Å². The van der Waals surface area contributed by atoms with E-state index in [4.69, 9.17) is 0 Å². The van der Waals surface area contributed by atoms with Crippen LogP contribution in [0.3, 0.4) is 0 Å². The second kappa shape index (κ2) is 9.24. The maximum absolute atomic E-state index is 13.1. The highest BCUT2D eigenvalue weighted by atomic mass is 19.1. The van der Waals surface area contributed by atoms with Gasteiger partial charge in [-0.15, -0.1) is 0 Å². The topological polar surface area (TPSA) is 65.5 Å². The van der Waals surface area contributed by atoms with Gasteiger partial charge in [-0.25, -0.2) is 9.37 Å². The molecule has 2 aliphatic heterocycles. The molecule has 2 amide bonds. The molecule has 1 aromatic carbocycles. The monoisotopic (exact) mass is 410 g/mol. The zero-order chi connectivity index (χ0) is 20.9. The van der Waals surface area contributed by atoms with Gasteiger partial charge in [0.1, 0.15) is 11.6 Å². The van der Waals surface area contributed by atoms with Gasteiger partial charge >= 0.3 is 0 Å². The van der Waals surface area contributed by atoms with Gasteiger partial charge in [-0.3, -0.25) is 9.59 Å². The summed E-state index contributed by atoms with van der Waals surface area (Å²) in [5.74, 6) is 0.446. The summed E-state index contributed by atoms with van der Waals surface area (Å²) in [6, 6.07) is 9.58. The molecule has 0 atom stereocenters. The van der Waals surface area contributed by atoms with Crippen LogP contribution in [0.4, 0.5) is 10.2 Å². The average molecular weight is 410 g/mol. The first kappa shape index (κ1) is 20.3. The summed E-state index contributed by atoms with van der Waals surface area (Å²) in [5.41, 5.74) is 1.52. The van der Waals surface area contributed by atoms with E-state index in [0.717, 1.165) is 24.5 Å². The van der Waals surface area contributed by atoms with E-state index in [-0.39, 0.29) is 23.5 Å². The zero-order valence-corrected chi connectivity index (χ0v) is 17.0. The fraction of sp³-hybridized carbons (Fsp3) is 0.435. The number of halogens is 1. The van der Waals surface area contributed by atoms with Gasteiger partial charge in [0.25, 0.3) is 5.91 Å². The summed E-state index contributed by atoms with van der Waals surface area (Å²) in [5, 5.41) is 3.04. The van der Waals surface area contributed by atoms with Crippen molar-refractivity contribution in [1.82, 2.24) is 15.2 Å². The minimum Gasteiger partial charge on any atom is -0.357 e. The lowest BCUT2D eigenvalue weighted by molar-refractivity contribution is -0.126. The molecule has 0 spiro atoms. The molecule has 0 bridgehead atoms. The Kier molecular flexibility index (Phi) is 6.26. The Hall–Kier alpha value is -2.96. The average Bonchev–Trinajstić information content (AvgIpc) is 3.33. The van der Waals surface area contributed by atoms with Crippen LogP contribution in [0.2, 0.25) is 0 Å². The van der Waals surface area contributed by atoms with E-state index in [2.05, 4.69) is 21.3 Å². The lowest BCUT2D eigenvalue weighted by Crippen LogP contribution is -2.42. The minimum absolute atomic E-state index is 0.0309. The second-order valence-electron chi connectivity index (χ2n) is 8.01. The third-order valence-electron chi connectivity index (χ3n) is 5.95. The van der Waals surface area contributed by atoms with Crippen LogP contribution in [0.15, 0.2) is 42.6 Å². The first-order chi connectivity index (χ1) is 14.6. The Morgan fingerprint density at radius 1 is 1.03 bits per heavy atom. The molecule has 1 aromatic heterocycles. The van der Waals surface area contributed by atoms with Crippen molar-refractivity contribution in [2.24, 2.45) is 5.92 Å². The number of rotatable bonds is 5. The predicted octanol–water partition coefficient (Wildman–Crippen LogP) is 2.99. The van der Waals surface area contributed by atoms with Crippen LogP contribution in [0.1, 0.15) is 41.6 Å². The molecule has 3 heterocycles. The maximum atomic E-state index is 13.1. The summed E-state index contributed by atoms with van der Waals surface area (Å²) in [6.45, 7) is 3.62. The zero-order valence-electron chi connectivity index (χ0n) is 17.0. The quantitative estimate of drug-likeness (QED) is 0.823. The van der Waals surface area contributed by atoms with Gasteiger partial charge in [-0.1, -0.05) is 0 Å². The normalized spacial score (nSPS) is 17.2. The van der Waals surface area contributed by atoms with Crippen molar-refractivity contribution >= 4 is 17.6 Å². The van der Waals surface area contributed by atoms with E-state index in [1.165, 1.54) is 37.1 Å². The molecule has 0 unspecified atom stereocenters. The number of aromatic nitrogens is 1. The van der Waals surface area contributed by atoms with Gasteiger partial charge in [0, 0.05) is 50.4 Å². The first-order valence-corrected chi connectivity index (χ1v) is 10.6. The molecule has 0 aliphatic carbocycles. The van der Waals surface area contributed by atoms with Crippen molar-refractivity contribution in [3.63, 3.8) is 0 Å². The van der Waals surface area contributed by atoms with Crippen molar-refractivity contribution in [1.29, 1.82) is 0 Å². The van der Waals surface area contributed by atoms with Gasteiger partial charge in [0.15, 0.2) is 0 Å². The minimum atomic E-state index is -0.358. The number of nitrogens with zero attached hydrogens (tertiary/aromatic N) is 3. The van der Waals surface area contributed by atoms with E-state index < -0.39 is 0 Å². The highest BCUT2D eigenvalue weighted by Crippen LogP contribution is 2.21. The smallest absolute Gasteiger partial charge is 0.253 e. The number of hydrogen-bond donors (Lipinski definition) is 1. The summed E-state index contributed by atoms with van der Waals surface area (Å²) in [7, 11) is 0. The fourth-order valence-electron chi connectivity index (χ4n) is 4.14. The van der Waals surface area contributed by atoms with Crippen molar-refractivity contribution in [2.45, 2.75) is 32.2 Å². The molecule has 1 N–H and O–H groups in total. The number of likely N-dealkylation sites (tertiary alicyclic amines) is 1. The molecule has 2 aromatic rings. The Labute approximate surface area is 176 Å². The molecule has 7 heteroatoms. The van der Waals surface area contributed by atoms with Crippen molar-refractivity contribution < 1.29 is 14.0 Å². The van der Waals surface area contributed by atoms with Gasteiger partial charge in [0.2, 0.25) is 5.91 Å².